The summed E-state index contributed by atoms with van der Waals surface area (Å²) in [6, 6.07) is 6.84. The number of rotatable bonds is 4. The molecule has 0 saturated carbocycles. The topological polar surface area (TPSA) is 42.0 Å². The molecule has 1 N–H and O–H groups in total. The minimum Gasteiger partial charge on any atom is -0.352 e. The van der Waals surface area contributed by atoms with Crippen molar-refractivity contribution in [3.63, 3.8) is 0 Å². The van der Waals surface area contributed by atoms with Crippen molar-refractivity contribution in [3.05, 3.63) is 51.4 Å². The molecular formula is C12H11ClN2OS. The van der Waals surface area contributed by atoms with Gasteiger partial charge in [-0.05, 0) is 24.3 Å². The number of carbonyl (C=O) groups excluding carboxylic acids is 1. The SMILES string of the molecule is O=C(NCCc1cncs1)c1ccc(Cl)cc1. The van der Waals surface area contributed by atoms with E-state index in [1.165, 1.54) is 4.88 Å². The van der Waals surface area contributed by atoms with Gasteiger partial charge in [0.2, 0.25) is 0 Å². The second kappa shape index (κ2) is 5.80. The van der Waals surface area contributed by atoms with E-state index >= 15 is 0 Å². The molecule has 2 aromatic rings. The van der Waals surface area contributed by atoms with Gasteiger partial charge in [0, 0.05) is 34.6 Å². The van der Waals surface area contributed by atoms with Gasteiger partial charge < -0.3 is 5.32 Å². The lowest BCUT2D eigenvalue weighted by Crippen LogP contribution is -2.25. The van der Waals surface area contributed by atoms with Crippen LogP contribution >= 0.6 is 22.9 Å². The van der Waals surface area contributed by atoms with E-state index in [0.717, 1.165) is 6.42 Å². The Morgan fingerprint density at radius 2 is 2.12 bits per heavy atom. The van der Waals surface area contributed by atoms with Crippen molar-refractivity contribution in [3.8, 4) is 0 Å². The molecule has 0 unspecified atom stereocenters. The molecule has 1 aromatic heterocycles. The van der Waals surface area contributed by atoms with E-state index < -0.39 is 0 Å². The van der Waals surface area contributed by atoms with E-state index in [2.05, 4.69) is 10.3 Å². The van der Waals surface area contributed by atoms with Gasteiger partial charge in [-0.1, -0.05) is 11.6 Å². The molecule has 0 bridgehead atoms. The molecule has 88 valence electrons. The lowest BCUT2D eigenvalue weighted by atomic mass is 10.2. The molecule has 0 saturated heterocycles. The van der Waals surface area contributed by atoms with E-state index in [-0.39, 0.29) is 5.91 Å². The molecule has 3 nitrogen and oxygen atoms in total. The fourth-order valence-corrected chi connectivity index (χ4v) is 2.09. The highest BCUT2D eigenvalue weighted by atomic mass is 35.5. The quantitative estimate of drug-likeness (QED) is 0.925. The Morgan fingerprint density at radius 3 is 2.76 bits per heavy atom. The van der Waals surface area contributed by atoms with Crippen molar-refractivity contribution in [2.75, 3.05) is 6.54 Å². The van der Waals surface area contributed by atoms with E-state index in [9.17, 15) is 4.79 Å². The first-order valence-corrected chi connectivity index (χ1v) is 6.42. The number of aromatic nitrogens is 1. The maximum Gasteiger partial charge on any atom is 0.251 e. The molecule has 0 radical (unpaired) electrons. The molecule has 1 heterocycles. The summed E-state index contributed by atoms with van der Waals surface area (Å²) in [5.74, 6) is -0.0776. The van der Waals surface area contributed by atoms with Crippen LogP contribution in [0.15, 0.2) is 36.0 Å². The van der Waals surface area contributed by atoms with Crippen LogP contribution in [0.5, 0.6) is 0 Å². The molecule has 5 heteroatoms. The summed E-state index contributed by atoms with van der Waals surface area (Å²) >= 11 is 7.34. The molecule has 17 heavy (non-hydrogen) atoms. The van der Waals surface area contributed by atoms with Crippen LogP contribution in [0.25, 0.3) is 0 Å². The minimum atomic E-state index is -0.0776. The Balaban J connectivity index is 1.83. The van der Waals surface area contributed by atoms with Crippen molar-refractivity contribution in [2.24, 2.45) is 0 Å². The molecule has 1 aromatic carbocycles. The minimum absolute atomic E-state index is 0.0776. The molecule has 0 spiro atoms. The van der Waals surface area contributed by atoms with Crippen LogP contribution in [0, 0.1) is 0 Å². The number of amides is 1. The molecule has 1 amide bonds. The van der Waals surface area contributed by atoms with Gasteiger partial charge >= 0.3 is 0 Å². The largest absolute Gasteiger partial charge is 0.352 e. The first-order valence-electron chi connectivity index (χ1n) is 5.17. The molecular weight excluding hydrogens is 256 g/mol. The molecule has 2 rings (SSSR count). The number of nitrogens with one attached hydrogen (secondary N) is 1. The Kier molecular flexibility index (Phi) is 4.12. The number of hydrogen-bond donors (Lipinski definition) is 1. The van der Waals surface area contributed by atoms with Crippen LogP contribution in [0.1, 0.15) is 15.2 Å². The summed E-state index contributed by atoms with van der Waals surface area (Å²) in [6.07, 6.45) is 2.63. The number of thiazole rings is 1. The highest BCUT2D eigenvalue weighted by Gasteiger charge is 2.04. The lowest BCUT2D eigenvalue weighted by Gasteiger charge is -2.03. The summed E-state index contributed by atoms with van der Waals surface area (Å²) in [6.45, 7) is 0.615. The molecule has 0 aliphatic heterocycles. The van der Waals surface area contributed by atoms with Crippen molar-refractivity contribution in [1.82, 2.24) is 10.3 Å². The van der Waals surface area contributed by atoms with Gasteiger partial charge in [-0.2, -0.15) is 0 Å². The van der Waals surface area contributed by atoms with Crippen LogP contribution in [0.3, 0.4) is 0 Å². The Morgan fingerprint density at radius 1 is 1.35 bits per heavy atom. The van der Waals surface area contributed by atoms with Crippen LogP contribution < -0.4 is 5.32 Å². The van der Waals surface area contributed by atoms with Crippen LogP contribution in [0.4, 0.5) is 0 Å². The molecule has 0 aliphatic rings. The van der Waals surface area contributed by atoms with Crippen molar-refractivity contribution < 1.29 is 4.79 Å². The third kappa shape index (κ3) is 3.54. The Labute approximate surface area is 108 Å². The summed E-state index contributed by atoms with van der Waals surface area (Å²) in [7, 11) is 0. The van der Waals surface area contributed by atoms with Crippen LogP contribution in [0.2, 0.25) is 5.02 Å². The van der Waals surface area contributed by atoms with Gasteiger partial charge in [-0.25, -0.2) is 0 Å². The van der Waals surface area contributed by atoms with Crippen molar-refractivity contribution in [1.29, 1.82) is 0 Å². The average Bonchev–Trinajstić information content (AvgIpc) is 2.83. The van der Waals surface area contributed by atoms with Gasteiger partial charge in [-0.15, -0.1) is 11.3 Å². The number of halogens is 1. The zero-order valence-electron chi connectivity index (χ0n) is 9.02. The first kappa shape index (κ1) is 12.1. The van der Waals surface area contributed by atoms with Gasteiger partial charge in [0.1, 0.15) is 0 Å². The predicted molar refractivity (Wildman–Crippen MR) is 69.6 cm³/mol. The zero-order chi connectivity index (χ0) is 12.1. The summed E-state index contributed by atoms with van der Waals surface area (Å²) in [5, 5.41) is 3.48. The van der Waals surface area contributed by atoms with Crippen molar-refractivity contribution >= 4 is 28.8 Å². The Bertz CT molecular complexity index is 482. The fraction of sp³-hybridized carbons (Fsp3) is 0.167. The zero-order valence-corrected chi connectivity index (χ0v) is 10.6. The average molecular weight is 267 g/mol. The monoisotopic (exact) mass is 266 g/mol. The second-order valence-electron chi connectivity index (χ2n) is 3.48. The third-order valence-corrected chi connectivity index (χ3v) is 3.34. The van der Waals surface area contributed by atoms with Gasteiger partial charge in [0.25, 0.3) is 5.91 Å². The molecule has 0 atom stereocenters. The lowest BCUT2D eigenvalue weighted by molar-refractivity contribution is 0.0954. The van der Waals surface area contributed by atoms with Crippen LogP contribution in [-0.2, 0) is 6.42 Å². The van der Waals surface area contributed by atoms with Gasteiger partial charge in [0.05, 0.1) is 5.51 Å². The molecule has 0 aliphatic carbocycles. The second-order valence-corrected chi connectivity index (χ2v) is 4.89. The predicted octanol–water partition coefficient (Wildman–Crippen LogP) is 2.77. The van der Waals surface area contributed by atoms with E-state index in [1.807, 2.05) is 6.20 Å². The maximum absolute atomic E-state index is 11.7. The van der Waals surface area contributed by atoms with Crippen molar-refractivity contribution in [2.45, 2.75) is 6.42 Å². The van der Waals surface area contributed by atoms with E-state index in [4.69, 9.17) is 11.6 Å². The Hall–Kier alpha value is -1.39. The molecule has 0 fully saturated rings. The summed E-state index contributed by atoms with van der Waals surface area (Å²) in [4.78, 5) is 16.9. The smallest absolute Gasteiger partial charge is 0.251 e. The number of nitrogens with zero attached hydrogens (tertiary/aromatic N) is 1. The highest BCUT2D eigenvalue weighted by Crippen LogP contribution is 2.09. The summed E-state index contributed by atoms with van der Waals surface area (Å²) < 4.78 is 0. The van der Waals surface area contributed by atoms with E-state index in [1.54, 1.807) is 41.1 Å². The van der Waals surface area contributed by atoms with Crippen LogP contribution in [-0.4, -0.2) is 17.4 Å². The number of hydrogen-bond acceptors (Lipinski definition) is 3. The van der Waals surface area contributed by atoms with E-state index in [0.29, 0.717) is 17.1 Å². The van der Waals surface area contributed by atoms with Gasteiger partial charge in [-0.3, -0.25) is 9.78 Å². The first-order chi connectivity index (χ1) is 8.25. The van der Waals surface area contributed by atoms with Gasteiger partial charge in [0.15, 0.2) is 0 Å². The summed E-state index contributed by atoms with van der Waals surface area (Å²) in [5.41, 5.74) is 2.41. The fourth-order valence-electron chi connectivity index (χ4n) is 1.37. The normalized spacial score (nSPS) is 10.2. The maximum atomic E-state index is 11.7. The third-order valence-electron chi connectivity index (χ3n) is 2.25. The standard InChI is InChI=1S/C12H11ClN2OS/c13-10-3-1-9(2-4-10)12(16)15-6-5-11-7-14-8-17-11/h1-4,7-8H,5-6H2,(H,15,16). The highest BCUT2D eigenvalue weighted by molar-refractivity contribution is 7.09. The number of carbonyl (C=O) groups is 1. The number of benzene rings is 1.